The Hall–Kier alpha value is -2.44. The number of hydrogen-bond donors (Lipinski definition) is 0. The van der Waals surface area contributed by atoms with Crippen molar-refractivity contribution in [2.75, 3.05) is 0 Å². The van der Waals surface area contributed by atoms with Gasteiger partial charge in [0, 0.05) is 0 Å². The van der Waals surface area contributed by atoms with Gasteiger partial charge >= 0.3 is 11.7 Å². The average molecular weight is 249 g/mol. The predicted octanol–water partition coefficient (Wildman–Crippen LogP) is 0.765. The minimum atomic E-state index is -1.00. The summed E-state index contributed by atoms with van der Waals surface area (Å²) < 4.78 is 4.73. The second-order valence-electron chi connectivity index (χ2n) is 3.79. The average Bonchev–Trinajstić information content (AvgIpc) is 2.32. The van der Waals surface area contributed by atoms with Gasteiger partial charge in [0.05, 0.1) is 11.5 Å². The van der Waals surface area contributed by atoms with Crippen LogP contribution in [0.5, 0.6) is 0 Å². The molecule has 1 aromatic heterocycles. The van der Waals surface area contributed by atoms with Gasteiger partial charge in [-0.1, -0.05) is 12.1 Å². The minimum absolute atomic E-state index is 0.310. The highest BCUT2D eigenvalue weighted by Gasteiger charge is 2.12. The standard InChI is InChI=1S/C11H11N3O4/c1-7(2)17-11(16)18-14-10(15)8-5-3-4-6-9(8)12-13-14/h3-7H,1-2H3. The number of nitrogens with zero attached hydrogens (tertiary/aromatic N) is 3. The Kier molecular flexibility index (Phi) is 3.22. The Balaban J connectivity index is 2.32. The monoisotopic (exact) mass is 249 g/mol. The molecule has 94 valence electrons. The highest BCUT2D eigenvalue weighted by atomic mass is 16.8. The first-order chi connectivity index (χ1) is 8.58. The topological polar surface area (TPSA) is 83.3 Å². The number of aromatic nitrogens is 3. The van der Waals surface area contributed by atoms with E-state index in [0.29, 0.717) is 15.7 Å². The maximum absolute atomic E-state index is 11.9. The Morgan fingerprint density at radius 3 is 2.78 bits per heavy atom. The first-order valence-corrected chi connectivity index (χ1v) is 5.31. The normalized spacial score (nSPS) is 10.6. The summed E-state index contributed by atoms with van der Waals surface area (Å²) in [6.07, 6.45) is -1.35. The number of rotatable bonds is 2. The Morgan fingerprint density at radius 2 is 2.06 bits per heavy atom. The first-order valence-electron chi connectivity index (χ1n) is 5.31. The van der Waals surface area contributed by atoms with Gasteiger partial charge in [-0.15, -0.1) is 5.10 Å². The molecule has 0 fully saturated rings. The lowest BCUT2D eigenvalue weighted by Crippen LogP contribution is -2.34. The summed E-state index contributed by atoms with van der Waals surface area (Å²) in [5.74, 6) is 0. The molecule has 7 nitrogen and oxygen atoms in total. The van der Waals surface area contributed by atoms with E-state index >= 15 is 0 Å². The predicted molar refractivity (Wildman–Crippen MR) is 62.0 cm³/mol. The van der Waals surface area contributed by atoms with Crippen molar-refractivity contribution < 1.29 is 14.4 Å². The summed E-state index contributed by atoms with van der Waals surface area (Å²) in [5.41, 5.74) is -0.138. The van der Waals surface area contributed by atoms with Gasteiger partial charge in [-0.3, -0.25) is 9.63 Å². The maximum atomic E-state index is 11.9. The van der Waals surface area contributed by atoms with Crippen molar-refractivity contribution >= 4 is 17.1 Å². The second-order valence-corrected chi connectivity index (χ2v) is 3.79. The van der Waals surface area contributed by atoms with E-state index in [9.17, 15) is 9.59 Å². The molecule has 0 saturated carbocycles. The number of fused-ring (bicyclic) bond motifs is 1. The summed E-state index contributed by atoms with van der Waals surface area (Å²) in [4.78, 5) is 28.3. The van der Waals surface area contributed by atoms with Crippen molar-refractivity contribution in [1.29, 1.82) is 0 Å². The van der Waals surface area contributed by atoms with Gasteiger partial charge in [-0.2, -0.15) is 0 Å². The largest absolute Gasteiger partial charge is 0.535 e. The van der Waals surface area contributed by atoms with E-state index in [4.69, 9.17) is 4.74 Å². The molecule has 0 radical (unpaired) electrons. The summed E-state index contributed by atoms with van der Waals surface area (Å²) >= 11 is 0. The first kappa shape index (κ1) is 12.0. The molecular weight excluding hydrogens is 238 g/mol. The SMILES string of the molecule is CC(C)OC(=O)On1nnc2ccccc2c1=O. The summed E-state index contributed by atoms with van der Waals surface area (Å²) in [7, 11) is 0. The van der Waals surface area contributed by atoms with Gasteiger partial charge in [-0.05, 0) is 36.0 Å². The molecule has 0 spiro atoms. The molecule has 0 atom stereocenters. The van der Waals surface area contributed by atoms with Gasteiger partial charge in [-0.25, -0.2) is 4.79 Å². The molecule has 0 N–H and O–H groups in total. The smallest absolute Gasteiger partial charge is 0.430 e. The van der Waals surface area contributed by atoms with Crippen LogP contribution in [0.2, 0.25) is 0 Å². The van der Waals surface area contributed by atoms with Crippen molar-refractivity contribution in [3.05, 3.63) is 34.6 Å². The molecule has 0 amide bonds. The van der Waals surface area contributed by atoms with Crippen molar-refractivity contribution in [2.24, 2.45) is 0 Å². The highest BCUT2D eigenvalue weighted by molar-refractivity contribution is 5.76. The van der Waals surface area contributed by atoms with Crippen LogP contribution in [-0.2, 0) is 4.74 Å². The van der Waals surface area contributed by atoms with Gasteiger partial charge in [0.15, 0.2) is 0 Å². The quantitative estimate of drug-likeness (QED) is 0.577. The molecule has 0 aliphatic carbocycles. The van der Waals surface area contributed by atoms with Crippen LogP contribution in [0.15, 0.2) is 29.1 Å². The molecule has 1 heterocycles. The van der Waals surface area contributed by atoms with Crippen LogP contribution in [0.3, 0.4) is 0 Å². The fraction of sp³-hybridized carbons (Fsp3) is 0.273. The van der Waals surface area contributed by atoms with Gasteiger partial charge in [0.2, 0.25) is 0 Å². The number of benzene rings is 1. The van der Waals surface area contributed by atoms with Crippen LogP contribution in [0.4, 0.5) is 4.79 Å². The van der Waals surface area contributed by atoms with E-state index in [-0.39, 0.29) is 6.10 Å². The zero-order valence-electron chi connectivity index (χ0n) is 9.86. The zero-order valence-corrected chi connectivity index (χ0v) is 9.86. The Labute approximate surface area is 102 Å². The molecular formula is C11H11N3O4. The number of ether oxygens (including phenoxy) is 1. The minimum Gasteiger partial charge on any atom is -0.430 e. The third kappa shape index (κ3) is 2.45. The van der Waals surface area contributed by atoms with E-state index in [1.165, 1.54) is 0 Å². The van der Waals surface area contributed by atoms with E-state index in [1.807, 2.05) is 0 Å². The second kappa shape index (κ2) is 4.82. The van der Waals surface area contributed by atoms with Crippen LogP contribution >= 0.6 is 0 Å². The molecule has 0 unspecified atom stereocenters. The number of hydrogen-bond acceptors (Lipinski definition) is 6. The molecule has 0 saturated heterocycles. The van der Waals surface area contributed by atoms with E-state index in [2.05, 4.69) is 15.1 Å². The summed E-state index contributed by atoms with van der Waals surface area (Å²) in [6, 6.07) is 6.62. The third-order valence-corrected chi connectivity index (χ3v) is 2.03. The van der Waals surface area contributed by atoms with Gasteiger partial charge in [0.1, 0.15) is 5.52 Å². The van der Waals surface area contributed by atoms with Crippen molar-refractivity contribution in [3.8, 4) is 0 Å². The molecule has 18 heavy (non-hydrogen) atoms. The highest BCUT2D eigenvalue weighted by Crippen LogP contribution is 2.02. The number of carbonyl (C=O) groups excluding carboxylic acids is 1. The van der Waals surface area contributed by atoms with Crippen LogP contribution in [0.25, 0.3) is 10.9 Å². The van der Waals surface area contributed by atoms with Gasteiger partial charge in [0.25, 0.3) is 0 Å². The fourth-order valence-electron chi connectivity index (χ4n) is 1.32. The lowest BCUT2D eigenvalue weighted by atomic mass is 10.2. The molecule has 1 aromatic carbocycles. The van der Waals surface area contributed by atoms with E-state index in [1.54, 1.807) is 38.1 Å². The van der Waals surface area contributed by atoms with Crippen LogP contribution < -0.4 is 10.4 Å². The summed E-state index contributed by atoms with van der Waals surface area (Å²) in [6.45, 7) is 3.33. The van der Waals surface area contributed by atoms with Crippen LogP contribution in [0.1, 0.15) is 13.8 Å². The van der Waals surface area contributed by atoms with Crippen molar-refractivity contribution in [1.82, 2.24) is 15.2 Å². The molecule has 0 aliphatic heterocycles. The fourth-order valence-corrected chi connectivity index (χ4v) is 1.32. The van der Waals surface area contributed by atoms with Crippen LogP contribution in [-0.4, -0.2) is 27.4 Å². The lowest BCUT2D eigenvalue weighted by molar-refractivity contribution is 0.0139. The van der Waals surface area contributed by atoms with Crippen molar-refractivity contribution in [3.63, 3.8) is 0 Å². The third-order valence-electron chi connectivity index (χ3n) is 2.03. The summed E-state index contributed by atoms with van der Waals surface area (Å²) in [5, 5.41) is 7.55. The van der Waals surface area contributed by atoms with E-state index < -0.39 is 11.7 Å². The molecule has 0 aliphatic rings. The number of carbonyl (C=O) groups is 1. The zero-order chi connectivity index (χ0) is 13.1. The van der Waals surface area contributed by atoms with Crippen LogP contribution in [0, 0.1) is 0 Å². The van der Waals surface area contributed by atoms with Gasteiger partial charge < -0.3 is 4.74 Å². The molecule has 0 bridgehead atoms. The Bertz CT molecular complexity index is 635. The molecule has 7 heteroatoms. The molecule has 2 rings (SSSR count). The van der Waals surface area contributed by atoms with Crippen molar-refractivity contribution in [2.45, 2.75) is 20.0 Å². The molecule has 2 aromatic rings. The van der Waals surface area contributed by atoms with E-state index in [0.717, 1.165) is 0 Å². The lowest BCUT2D eigenvalue weighted by Gasteiger charge is -2.07. The maximum Gasteiger partial charge on any atom is 0.535 e. The Morgan fingerprint density at radius 1 is 1.33 bits per heavy atom.